The molecule has 1 saturated heterocycles. The van der Waals surface area contributed by atoms with Gasteiger partial charge in [0, 0.05) is 33.8 Å². The number of rotatable bonds is 11. The van der Waals surface area contributed by atoms with E-state index in [1.54, 1.807) is 0 Å². The Balaban J connectivity index is 1.86. The molecule has 1 fully saturated rings. The quantitative estimate of drug-likeness (QED) is 0.229. The van der Waals surface area contributed by atoms with Crippen LogP contribution in [-0.2, 0) is 42.9 Å². The number of esters is 4. The molecule has 2 aromatic rings. The SMILES string of the molecule is CC(=O)OCC1O[C@@H](Oc2ccc(C(=O)COc3ccc(F)cc3)c(O)c2)C(OC(C)=O)C(OC(C)=O)[C@@H]1OC(C)=O. The van der Waals surface area contributed by atoms with E-state index in [1.165, 1.54) is 24.3 Å². The van der Waals surface area contributed by atoms with E-state index < -0.39 is 85.1 Å². The summed E-state index contributed by atoms with van der Waals surface area (Å²) in [5.41, 5.74) is -0.119. The normalized spacial score (nSPS) is 21.4. The van der Waals surface area contributed by atoms with Gasteiger partial charge in [-0.2, -0.15) is 0 Å². The summed E-state index contributed by atoms with van der Waals surface area (Å²) < 4.78 is 51.1. The minimum atomic E-state index is -1.53. The molecule has 0 amide bonds. The highest BCUT2D eigenvalue weighted by atomic mass is 19.1. The van der Waals surface area contributed by atoms with Crippen LogP contribution >= 0.6 is 0 Å². The Hall–Kier alpha value is -4.72. The van der Waals surface area contributed by atoms with Gasteiger partial charge in [-0.3, -0.25) is 24.0 Å². The van der Waals surface area contributed by atoms with Gasteiger partial charge in [0.05, 0.1) is 5.56 Å². The number of phenolic OH excluding ortho intramolecular Hbond substituents is 1. The van der Waals surface area contributed by atoms with Crippen LogP contribution in [0.15, 0.2) is 42.5 Å². The van der Waals surface area contributed by atoms with Crippen molar-refractivity contribution >= 4 is 29.7 Å². The summed E-state index contributed by atoms with van der Waals surface area (Å²) >= 11 is 0. The zero-order valence-electron chi connectivity index (χ0n) is 23.1. The van der Waals surface area contributed by atoms with Crippen molar-refractivity contribution < 1.29 is 66.6 Å². The van der Waals surface area contributed by atoms with Crippen molar-refractivity contribution in [1.82, 2.24) is 0 Å². The molecule has 14 heteroatoms. The second-order valence-electron chi connectivity index (χ2n) is 9.03. The van der Waals surface area contributed by atoms with Crippen LogP contribution < -0.4 is 9.47 Å². The number of halogens is 1. The fraction of sp³-hybridized carbons (Fsp3) is 0.393. The first kappa shape index (κ1) is 31.8. The highest BCUT2D eigenvalue weighted by Crippen LogP contribution is 2.32. The molecule has 226 valence electrons. The smallest absolute Gasteiger partial charge is 0.303 e. The summed E-state index contributed by atoms with van der Waals surface area (Å²) in [6, 6.07) is 8.64. The predicted molar refractivity (Wildman–Crippen MR) is 137 cm³/mol. The Labute approximate surface area is 239 Å². The van der Waals surface area contributed by atoms with Crippen LogP contribution in [0.5, 0.6) is 17.2 Å². The Kier molecular flexibility index (Phi) is 10.8. The van der Waals surface area contributed by atoms with Crippen LogP contribution in [0.1, 0.15) is 38.1 Å². The molecule has 0 saturated carbocycles. The lowest BCUT2D eigenvalue weighted by Crippen LogP contribution is -2.63. The lowest BCUT2D eigenvalue weighted by molar-refractivity contribution is -0.288. The number of hydrogen-bond acceptors (Lipinski definition) is 13. The third kappa shape index (κ3) is 8.89. The van der Waals surface area contributed by atoms with Crippen LogP contribution in [0.25, 0.3) is 0 Å². The number of hydrogen-bond donors (Lipinski definition) is 1. The van der Waals surface area contributed by atoms with Gasteiger partial charge < -0.3 is 38.3 Å². The maximum absolute atomic E-state index is 13.1. The van der Waals surface area contributed by atoms with Crippen LogP contribution in [-0.4, -0.2) is 78.7 Å². The molecule has 5 atom stereocenters. The number of carbonyl (C=O) groups is 5. The van der Waals surface area contributed by atoms with Crippen molar-refractivity contribution in [3.8, 4) is 17.2 Å². The largest absolute Gasteiger partial charge is 0.507 e. The first-order valence-corrected chi connectivity index (χ1v) is 12.6. The lowest BCUT2D eigenvalue weighted by Gasteiger charge is -2.43. The van der Waals surface area contributed by atoms with Gasteiger partial charge >= 0.3 is 23.9 Å². The van der Waals surface area contributed by atoms with E-state index in [0.29, 0.717) is 0 Å². The topological polar surface area (TPSA) is 170 Å². The van der Waals surface area contributed by atoms with E-state index in [0.717, 1.165) is 45.9 Å². The van der Waals surface area contributed by atoms with E-state index in [-0.39, 0.29) is 17.1 Å². The zero-order chi connectivity index (χ0) is 31.0. The third-order valence-electron chi connectivity index (χ3n) is 5.65. The summed E-state index contributed by atoms with van der Waals surface area (Å²) in [6.07, 6.45) is -7.08. The van der Waals surface area contributed by atoms with Gasteiger partial charge in [0.25, 0.3) is 0 Å². The number of ketones is 1. The van der Waals surface area contributed by atoms with Crippen LogP contribution in [0.2, 0.25) is 0 Å². The molecule has 1 aliphatic heterocycles. The van der Waals surface area contributed by atoms with Gasteiger partial charge in [-0.1, -0.05) is 0 Å². The van der Waals surface area contributed by atoms with Gasteiger partial charge in [-0.25, -0.2) is 4.39 Å². The molecule has 0 radical (unpaired) electrons. The van der Waals surface area contributed by atoms with Crippen LogP contribution in [0.4, 0.5) is 4.39 Å². The van der Waals surface area contributed by atoms with Gasteiger partial charge in [0.2, 0.25) is 18.2 Å². The van der Waals surface area contributed by atoms with Gasteiger partial charge in [0.15, 0.2) is 18.8 Å². The molecule has 1 aliphatic rings. The lowest BCUT2D eigenvalue weighted by atomic mass is 9.98. The number of benzene rings is 2. The molecule has 1 heterocycles. The maximum Gasteiger partial charge on any atom is 0.303 e. The summed E-state index contributed by atoms with van der Waals surface area (Å²) in [6.45, 7) is 3.47. The van der Waals surface area contributed by atoms with Crippen molar-refractivity contribution in [2.45, 2.75) is 58.4 Å². The number of Topliss-reactive ketones (excluding diaryl/α,β-unsaturated/α-hetero) is 1. The second-order valence-corrected chi connectivity index (χ2v) is 9.03. The molecule has 0 aromatic heterocycles. The Morgan fingerprint density at radius 2 is 1.36 bits per heavy atom. The Morgan fingerprint density at radius 1 is 0.786 bits per heavy atom. The number of aromatic hydroxyl groups is 1. The fourth-order valence-corrected chi connectivity index (χ4v) is 4.00. The number of ether oxygens (including phenoxy) is 7. The molecule has 2 aromatic carbocycles. The van der Waals surface area contributed by atoms with Crippen molar-refractivity contribution in [2.24, 2.45) is 0 Å². The monoisotopic (exact) mass is 592 g/mol. The van der Waals surface area contributed by atoms with Crippen molar-refractivity contribution in [3.63, 3.8) is 0 Å². The second kappa shape index (κ2) is 14.3. The van der Waals surface area contributed by atoms with Gasteiger partial charge in [0.1, 0.15) is 35.8 Å². The molecule has 3 rings (SSSR count). The average molecular weight is 593 g/mol. The first-order valence-electron chi connectivity index (χ1n) is 12.6. The van der Waals surface area contributed by atoms with Crippen LogP contribution in [0.3, 0.4) is 0 Å². The summed E-state index contributed by atoms with van der Waals surface area (Å²) in [5, 5.41) is 10.5. The van der Waals surface area contributed by atoms with Crippen molar-refractivity contribution in [2.75, 3.05) is 13.2 Å². The fourth-order valence-electron chi connectivity index (χ4n) is 4.00. The predicted octanol–water partition coefficient (Wildman–Crippen LogP) is 2.25. The summed E-state index contributed by atoms with van der Waals surface area (Å²) in [7, 11) is 0. The van der Waals surface area contributed by atoms with E-state index >= 15 is 0 Å². The maximum atomic E-state index is 13.1. The third-order valence-corrected chi connectivity index (χ3v) is 5.65. The van der Waals surface area contributed by atoms with E-state index in [2.05, 4.69) is 0 Å². The molecular formula is C28H29FO13. The Morgan fingerprint density at radius 3 is 1.93 bits per heavy atom. The zero-order valence-corrected chi connectivity index (χ0v) is 23.1. The first-order chi connectivity index (χ1) is 19.8. The van der Waals surface area contributed by atoms with E-state index in [9.17, 15) is 33.5 Å². The molecule has 0 spiro atoms. The van der Waals surface area contributed by atoms with Crippen molar-refractivity contribution in [3.05, 3.63) is 53.8 Å². The number of carbonyl (C=O) groups excluding carboxylic acids is 5. The Bertz CT molecular complexity index is 1310. The molecule has 42 heavy (non-hydrogen) atoms. The molecule has 3 unspecified atom stereocenters. The minimum absolute atomic E-state index is 0.0654. The highest BCUT2D eigenvalue weighted by Gasteiger charge is 2.53. The number of phenols is 1. The standard InChI is InChI=1S/C28H29FO13/c1-14(30)36-13-24-25(38-15(2)31)26(39-16(3)32)27(40-17(4)33)28(42-24)41-20-9-10-21(22(34)11-20)23(35)12-37-19-7-5-18(29)6-8-19/h5-11,24-28,34H,12-13H2,1-4H3/t24?,25-,26?,27?,28-/m1/s1. The minimum Gasteiger partial charge on any atom is -0.507 e. The average Bonchev–Trinajstić information content (AvgIpc) is 2.89. The molecule has 0 bridgehead atoms. The summed E-state index contributed by atoms with van der Waals surface area (Å²) in [4.78, 5) is 59.8. The highest BCUT2D eigenvalue weighted by molar-refractivity contribution is 5.99. The molecule has 1 N–H and O–H groups in total. The van der Waals surface area contributed by atoms with E-state index in [1.807, 2.05) is 0 Å². The molecule has 13 nitrogen and oxygen atoms in total. The van der Waals surface area contributed by atoms with Crippen LogP contribution in [0, 0.1) is 5.82 Å². The molecule has 0 aliphatic carbocycles. The van der Waals surface area contributed by atoms with E-state index in [4.69, 9.17) is 33.2 Å². The van der Waals surface area contributed by atoms with Gasteiger partial charge in [-0.05, 0) is 36.4 Å². The van der Waals surface area contributed by atoms with Crippen molar-refractivity contribution in [1.29, 1.82) is 0 Å². The summed E-state index contributed by atoms with van der Waals surface area (Å²) in [5.74, 6) is -4.50. The van der Waals surface area contributed by atoms with Gasteiger partial charge in [-0.15, -0.1) is 0 Å². The molecular weight excluding hydrogens is 563 g/mol.